The van der Waals surface area contributed by atoms with Gasteiger partial charge in [0.05, 0.1) is 11.6 Å². The Morgan fingerprint density at radius 2 is 2.33 bits per heavy atom. The highest BCUT2D eigenvalue weighted by Gasteiger charge is 2.05. The van der Waals surface area contributed by atoms with Crippen LogP contribution in [0, 0.1) is 18.3 Å². The monoisotopic (exact) mass is 180 g/mol. The van der Waals surface area contributed by atoms with Gasteiger partial charge in [0, 0.05) is 5.69 Å². The number of rotatable bonds is 1. The van der Waals surface area contributed by atoms with E-state index in [0.717, 1.165) is 0 Å². The van der Waals surface area contributed by atoms with Gasteiger partial charge < -0.3 is 0 Å². The van der Waals surface area contributed by atoms with Crippen LogP contribution in [0.15, 0.2) is 12.1 Å². The van der Waals surface area contributed by atoms with Gasteiger partial charge in [0.1, 0.15) is 5.69 Å². The van der Waals surface area contributed by atoms with E-state index >= 15 is 0 Å². The van der Waals surface area contributed by atoms with Crippen molar-refractivity contribution in [2.24, 2.45) is 0 Å². The molecule has 0 unspecified atom stereocenters. The molecule has 0 aliphatic heterocycles. The standard InChI is InChI=1S/C8H5ClN2O/c1-5-2-6(4-10)3-7(11-5)8(9)12/h2-3H,1H3. The first-order valence-corrected chi connectivity index (χ1v) is 3.60. The lowest BCUT2D eigenvalue weighted by Gasteiger charge is -1.96. The van der Waals surface area contributed by atoms with E-state index in [4.69, 9.17) is 16.9 Å². The van der Waals surface area contributed by atoms with Crippen LogP contribution < -0.4 is 0 Å². The molecule has 0 radical (unpaired) electrons. The molecule has 0 aliphatic carbocycles. The number of pyridine rings is 1. The molecule has 4 heteroatoms. The van der Waals surface area contributed by atoms with Gasteiger partial charge in [-0.3, -0.25) is 4.79 Å². The zero-order valence-electron chi connectivity index (χ0n) is 6.34. The van der Waals surface area contributed by atoms with E-state index in [9.17, 15) is 4.79 Å². The molecule has 12 heavy (non-hydrogen) atoms. The van der Waals surface area contributed by atoms with E-state index in [1.807, 2.05) is 6.07 Å². The van der Waals surface area contributed by atoms with Crippen LogP contribution >= 0.6 is 11.6 Å². The maximum atomic E-state index is 10.7. The van der Waals surface area contributed by atoms with Crippen molar-refractivity contribution in [2.45, 2.75) is 6.92 Å². The minimum Gasteiger partial charge on any atom is -0.274 e. The summed E-state index contributed by atoms with van der Waals surface area (Å²) in [6.07, 6.45) is 0. The van der Waals surface area contributed by atoms with Gasteiger partial charge in [-0.1, -0.05) is 0 Å². The van der Waals surface area contributed by atoms with Gasteiger partial charge in [0.15, 0.2) is 0 Å². The highest BCUT2D eigenvalue weighted by atomic mass is 35.5. The van der Waals surface area contributed by atoms with Crippen molar-refractivity contribution >= 4 is 16.8 Å². The second-order valence-corrected chi connectivity index (χ2v) is 2.61. The number of aromatic nitrogens is 1. The molecule has 60 valence electrons. The second-order valence-electron chi connectivity index (χ2n) is 2.27. The van der Waals surface area contributed by atoms with Gasteiger partial charge in [-0.15, -0.1) is 0 Å². The van der Waals surface area contributed by atoms with E-state index in [-0.39, 0.29) is 5.69 Å². The number of hydrogen-bond donors (Lipinski definition) is 0. The highest BCUT2D eigenvalue weighted by molar-refractivity contribution is 6.67. The minimum absolute atomic E-state index is 0.119. The van der Waals surface area contributed by atoms with Crippen LogP contribution in [0.3, 0.4) is 0 Å². The van der Waals surface area contributed by atoms with Crippen LogP contribution in [0.1, 0.15) is 21.7 Å². The first kappa shape index (κ1) is 8.69. The average Bonchev–Trinajstić information content (AvgIpc) is 2.03. The van der Waals surface area contributed by atoms with Crippen LogP contribution in [0.4, 0.5) is 0 Å². The Morgan fingerprint density at radius 1 is 1.67 bits per heavy atom. The normalized spacial score (nSPS) is 9.08. The molecule has 1 aromatic rings. The van der Waals surface area contributed by atoms with E-state index in [1.54, 1.807) is 13.0 Å². The lowest BCUT2D eigenvalue weighted by molar-refractivity contribution is 0.107. The van der Waals surface area contributed by atoms with Gasteiger partial charge in [-0.2, -0.15) is 5.26 Å². The summed E-state index contributed by atoms with van der Waals surface area (Å²) in [7, 11) is 0. The number of nitrogens with zero attached hydrogens (tertiary/aromatic N) is 2. The first-order valence-electron chi connectivity index (χ1n) is 3.22. The van der Waals surface area contributed by atoms with Crippen LogP contribution in [-0.2, 0) is 0 Å². The smallest absolute Gasteiger partial charge is 0.270 e. The van der Waals surface area contributed by atoms with E-state index < -0.39 is 5.24 Å². The second kappa shape index (κ2) is 3.33. The molecule has 0 atom stereocenters. The zero-order valence-corrected chi connectivity index (χ0v) is 7.09. The van der Waals surface area contributed by atoms with Crippen molar-refractivity contribution in [3.8, 4) is 6.07 Å². The summed E-state index contributed by atoms with van der Waals surface area (Å²) in [6.45, 7) is 1.70. The molecule has 0 aliphatic rings. The fraction of sp³-hybridized carbons (Fsp3) is 0.125. The topological polar surface area (TPSA) is 53.8 Å². The summed E-state index contributed by atoms with van der Waals surface area (Å²) in [5, 5.41) is 7.89. The van der Waals surface area contributed by atoms with E-state index in [0.29, 0.717) is 11.3 Å². The Morgan fingerprint density at radius 3 is 2.83 bits per heavy atom. The molecule has 0 spiro atoms. The van der Waals surface area contributed by atoms with Crippen LogP contribution in [-0.4, -0.2) is 10.2 Å². The quantitative estimate of drug-likeness (QED) is 0.618. The molecule has 1 rings (SSSR count). The summed E-state index contributed by atoms with van der Waals surface area (Å²) in [5.41, 5.74) is 1.12. The SMILES string of the molecule is Cc1cc(C#N)cc(C(=O)Cl)n1. The molecule has 0 N–H and O–H groups in total. The Labute approximate surface area is 74.6 Å². The molecular formula is C8H5ClN2O. The molecule has 1 aromatic heterocycles. The van der Waals surface area contributed by atoms with Gasteiger partial charge in [-0.05, 0) is 30.7 Å². The van der Waals surface area contributed by atoms with Crippen molar-refractivity contribution in [1.82, 2.24) is 4.98 Å². The summed E-state index contributed by atoms with van der Waals surface area (Å²) < 4.78 is 0. The molecule has 0 saturated carbocycles. The summed E-state index contributed by atoms with van der Waals surface area (Å²) in [4.78, 5) is 14.5. The van der Waals surface area contributed by atoms with Gasteiger partial charge in [0.25, 0.3) is 5.24 Å². The Kier molecular flexibility index (Phi) is 2.41. The Bertz CT molecular complexity index is 368. The number of halogens is 1. The maximum absolute atomic E-state index is 10.7. The summed E-state index contributed by atoms with van der Waals surface area (Å²) >= 11 is 5.19. The Balaban J connectivity index is 3.26. The van der Waals surface area contributed by atoms with Gasteiger partial charge >= 0.3 is 0 Å². The molecule has 3 nitrogen and oxygen atoms in total. The van der Waals surface area contributed by atoms with Crippen molar-refractivity contribution < 1.29 is 4.79 Å². The van der Waals surface area contributed by atoms with Gasteiger partial charge in [-0.25, -0.2) is 4.98 Å². The highest BCUT2D eigenvalue weighted by Crippen LogP contribution is 2.06. The average molecular weight is 181 g/mol. The fourth-order valence-corrected chi connectivity index (χ4v) is 0.931. The van der Waals surface area contributed by atoms with Crippen LogP contribution in [0.5, 0.6) is 0 Å². The first-order chi connectivity index (χ1) is 5.63. The molecule has 0 bridgehead atoms. The third kappa shape index (κ3) is 1.80. The number of nitriles is 1. The molecule has 0 amide bonds. The predicted molar refractivity (Wildman–Crippen MR) is 43.9 cm³/mol. The largest absolute Gasteiger partial charge is 0.274 e. The molecule has 1 heterocycles. The van der Waals surface area contributed by atoms with Crippen molar-refractivity contribution in [2.75, 3.05) is 0 Å². The lowest BCUT2D eigenvalue weighted by atomic mass is 10.2. The summed E-state index contributed by atoms with van der Waals surface area (Å²) in [5.74, 6) is 0. The number of carbonyl (C=O) groups is 1. The Hall–Kier alpha value is -1.40. The van der Waals surface area contributed by atoms with E-state index in [2.05, 4.69) is 4.98 Å². The number of hydrogen-bond acceptors (Lipinski definition) is 3. The molecule has 0 saturated heterocycles. The number of aryl methyl sites for hydroxylation is 1. The number of carbonyl (C=O) groups excluding carboxylic acids is 1. The fourth-order valence-electron chi connectivity index (χ4n) is 0.834. The van der Waals surface area contributed by atoms with Crippen molar-refractivity contribution in [3.05, 3.63) is 29.1 Å². The third-order valence-corrected chi connectivity index (χ3v) is 1.48. The minimum atomic E-state index is -0.643. The molecular weight excluding hydrogens is 176 g/mol. The molecule has 0 aromatic carbocycles. The summed E-state index contributed by atoms with van der Waals surface area (Å²) in [6, 6.07) is 4.86. The lowest BCUT2D eigenvalue weighted by Crippen LogP contribution is -1.96. The zero-order chi connectivity index (χ0) is 9.14. The molecule has 0 fully saturated rings. The maximum Gasteiger partial charge on any atom is 0.270 e. The van der Waals surface area contributed by atoms with Crippen LogP contribution in [0.25, 0.3) is 0 Å². The van der Waals surface area contributed by atoms with Crippen LogP contribution in [0.2, 0.25) is 0 Å². The third-order valence-electron chi connectivity index (χ3n) is 1.28. The van der Waals surface area contributed by atoms with E-state index in [1.165, 1.54) is 6.07 Å². The predicted octanol–water partition coefficient (Wildman–Crippen LogP) is 1.64. The van der Waals surface area contributed by atoms with Crippen molar-refractivity contribution in [1.29, 1.82) is 5.26 Å². The van der Waals surface area contributed by atoms with Crippen molar-refractivity contribution in [3.63, 3.8) is 0 Å². The van der Waals surface area contributed by atoms with Gasteiger partial charge in [0.2, 0.25) is 0 Å².